The maximum absolute atomic E-state index is 13.8. The number of pyridine rings is 1. The van der Waals surface area contributed by atoms with Gasteiger partial charge in [0.05, 0.1) is 28.7 Å². The van der Waals surface area contributed by atoms with Crippen LogP contribution in [0.1, 0.15) is 5.56 Å². The van der Waals surface area contributed by atoms with Gasteiger partial charge in [-0.3, -0.25) is 20.0 Å². The lowest BCUT2D eigenvalue weighted by molar-refractivity contribution is -0.388. The van der Waals surface area contributed by atoms with Gasteiger partial charge in [0.1, 0.15) is 0 Å². The Labute approximate surface area is 151 Å². The molecule has 0 saturated heterocycles. The molecule has 0 amide bonds. The highest BCUT2D eigenvalue weighted by molar-refractivity contribution is 5.83. The lowest BCUT2D eigenvalue weighted by Crippen LogP contribution is -2.19. The van der Waals surface area contributed by atoms with E-state index in [1.54, 1.807) is 18.5 Å². The Balaban J connectivity index is 1.77. The predicted octanol–water partition coefficient (Wildman–Crippen LogP) is 3.49. The number of rotatable bonds is 4. The van der Waals surface area contributed by atoms with Crippen LogP contribution >= 0.6 is 0 Å². The summed E-state index contributed by atoms with van der Waals surface area (Å²) in [4.78, 5) is 22.6. The van der Waals surface area contributed by atoms with E-state index in [4.69, 9.17) is 0 Å². The summed E-state index contributed by atoms with van der Waals surface area (Å²) in [6, 6.07) is 12.6. The van der Waals surface area contributed by atoms with Crippen molar-refractivity contribution >= 4 is 16.6 Å². The van der Waals surface area contributed by atoms with Gasteiger partial charge in [0.15, 0.2) is 0 Å². The summed E-state index contributed by atoms with van der Waals surface area (Å²) in [6.45, 7) is -0.104. The van der Waals surface area contributed by atoms with Gasteiger partial charge in [0, 0.05) is 17.6 Å². The van der Waals surface area contributed by atoms with Crippen LogP contribution < -0.4 is 5.56 Å². The van der Waals surface area contributed by atoms with E-state index in [1.807, 2.05) is 18.2 Å². The number of hydrogen-bond acceptors (Lipinski definition) is 4. The van der Waals surface area contributed by atoms with Crippen LogP contribution in [0.25, 0.3) is 22.0 Å². The van der Waals surface area contributed by atoms with E-state index in [9.17, 15) is 19.3 Å². The Hall–Kier alpha value is -3.81. The first kappa shape index (κ1) is 16.6. The van der Waals surface area contributed by atoms with Gasteiger partial charge in [0.25, 0.3) is 5.56 Å². The third-order valence-electron chi connectivity index (χ3n) is 4.35. The lowest BCUT2D eigenvalue weighted by atomic mass is 10.1. The molecule has 0 radical (unpaired) electrons. The Morgan fingerprint density at radius 3 is 2.78 bits per heavy atom. The molecule has 0 saturated carbocycles. The Morgan fingerprint density at radius 1 is 1.15 bits per heavy atom. The summed E-state index contributed by atoms with van der Waals surface area (Å²) in [5.74, 6) is -0.925. The first-order valence-electron chi connectivity index (χ1n) is 8.09. The number of aromatic nitrogens is 3. The molecule has 0 fully saturated rings. The van der Waals surface area contributed by atoms with Gasteiger partial charge in [0.2, 0.25) is 5.82 Å². The van der Waals surface area contributed by atoms with E-state index in [1.165, 1.54) is 22.8 Å². The second kappa shape index (κ2) is 6.49. The van der Waals surface area contributed by atoms with Crippen molar-refractivity contribution in [1.29, 1.82) is 0 Å². The molecule has 0 aliphatic rings. The number of halogens is 1. The third kappa shape index (κ3) is 3.08. The van der Waals surface area contributed by atoms with Crippen LogP contribution in [0.3, 0.4) is 0 Å². The highest BCUT2D eigenvalue weighted by Crippen LogP contribution is 2.25. The Morgan fingerprint density at radius 2 is 1.96 bits per heavy atom. The van der Waals surface area contributed by atoms with Crippen molar-refractivity contribution < 1.29 is 9.31 Å². The molecule has 0 aliphatic heterocycles. The minimum atomic E-state index is -0.925. The molecular formula is C19H13FN4O3. The SMILES string of the molecule is O=c1ccc(-c2ccc3cn[nH]c3c2)cn1Cc1cccc(F)c1[N+](=O)[O-]. The van der Waals surface area contributed by atoms with Crippen molar-refractivity contribution in [1.82, 2.24) is 14.8 Å². The summed E-state index contributed by atoms with van der Waals surface area (Å²) in [5, 5.41) is 19.0. The molecule has 2 heterocycles. The summed E-state index contributed by atoms with van der Waals surface area (Å²) in [5.41, 5.74) is 1.64. The topological polar surface area (TPSA) is 93.8 Å². The highest BCUT2D eigenvalue weighted by Gasteiger charge is 2.20. The van der Waals surface area contributed by atoms with Crippen LogP contribution in [0.5, 0.6) is 0 Å². The van der Waals surface area contributed by atoms with Gasteiger partial charge >= 0.3 is 5.69 Å². The van der Waals surface area contributed by atoms with E-state index in [-0.39, 0.29) is 17.7 Å². The molecule has 134 valence electrons. The zero-order chi connectivity index (χ0) is 19.0. The smallest absolute Gasteiger partial charge is 0.309 e. The molecule has 0 unspecified atom stereocenters. The standard InChI is InChI=1S/C19H13FN4O3/c20-16-3-1-2-15(19(16)24(26)27)11-23-10-14(6-7-18(23)25)12-4-5-13-9-21-22-17(13)8-12/h1-10H,11H2,(H,21,22). The van der Waals surface area contributed by atoms with E-state index < -0.39 is 16.4 Å². The van der Waals surface area contributed by atoms with Crippen molar-refractivity contribution in [2.75, 3.05) is 0 Å². The van der Waals surface area contributed by atoms with E-state index in [2.05, 4.69) is 10.2 Å². The molecule has 2 aromatic carbocycles. The maximum atomic E-state index is 13.8. The maximum Gasteiger partial charge on any atom is 0.309 e. The molecule has 4 aromatic rings. The number of nitrogens with zero attached hydrogens (tertiary/aromatic N) is 3. The largest absolute Gasteiger partial charge is 0.310 e. The number of nitro groups is 1. The van der Waals surface area contributed by atoms with Gasteiger partial charge in [-0.1, -0.05) is 24.3 Å². The van der Waals surface area contributed by atoms with E-state index in [0.717, 1.165) is 28.1 Å². The van der Waals surface area contributed by atoms with Crippen LogP contribution in [0.15, 0.2) is 65.7 Å². The summed E-state index contributed by atoms with van der Waals surface area (Å²) >= 11 is 0. The Kier molecular flexibility index (Phi) is 4.00. The van der Waals surface area contributed by atoms with Gasteiger partial charge < -0.3 is 4.57 Å². The number of nitrogens with one attached hydrogen (secondary N) is 1. The molecule has 1 N–H and O–H groups in total. The number of hydrogen-bond donors (Lipinski definition) is 1. The van der Waals surface area contributed by atoms with Crippen LogP contribution in [0, 0.1) is 15.9 Å². The average Bonchev–Trinajstić information content (AvgIpc) is 3.11. The van der Waals surface area contributed by atoms with Crippen LogP contribution in [0.4, 0.5) is 10.1 Å². The zero-order valence-corrected chi connectivity index (χ0v) is 13.9. The first-order valence-corrected chi connectivity index (χ1v) is 8.09. The molecule has 8 heteroatoms. The van der Waals surface area contributed by atoms with E-state index in [0.29, 0.717) is 0 Å². The van der Waals surface area contributed by atoms with Crippen molar-refractivity contribution in [3.05, 3.63) is 92.8 Å². The minimum Gasteiger partial charge on any atom is -0.310 e. The normalized spacial score (nSPS) is 11.0. The lowest BCUT2D eigenvalue weighted by Gasteiger charge is -2.09. The van der Waals surface area contributed by atoms with Gasteiger partial charge in [-0.2, -0.15) is 9.49 Å². The fourth-order valence-corrected chi connectivity index (χ4v) is 3.02. The molecule has 7 nitrogen and oxygen atoms in total. The van der Waals surface area contributed by atoms with Crippen LogP contribution in [-0.4, -0.2) is 19.7 Å². The average molecular weight is 364 g/mol. The van der Waals surface area contributed by atoms with Crippen LogP contribution in [0.2, 0.25) is 0 Å². The highest BCUT2D eigenvalue weighted by atomic mass is 19.1. The minimum absolute atomic E-state index is 0.104. The quantitative estimate of drug-likeness (QED) is 0.443. The number of nitro benzene ring substituents is 1. The van der Waals surface area contributed by atoms with Crippen molar-refractivity contribution in [3.8, 4) is 11.1 Å². The molecule has 0 spiro atoms. The number of benzene rings is 2. The second-order valence-corrected chi connectivity index (χ2v) is 6.06. The molecule has 27 heavy (non-hydrogen) atoms. The second-order valence-electron chi connectivity index (χ2n) is 6.06. The van der Waals surface area contributed by atoms with Crippen molar-refractivity contribution in [2.45, 2.75) is 6.54 Å². The Bertz CT molecular complexity index is 1230. The van der Waals surface area contributed by atoms with Crippen LogP contribution in [-0.2, 0) is 6.54 Å². The summed E-state index contributed by atoms with van der Waals surface area (Å²) in [7, 11) is 0. The number of fused-ring (bicyclic) bond motifs is 1. The molecule has 4 rings (SSSR count). The fraction of sp³-hybridized carbons (Fsp3) is 0.0526. The predicted molar refractivity (Wildman–Crippen MR) is 97.9 cm³/mol. The molecule has 0 bridgehead atoms. The fourth-order valence-electron chi connectivity index (χ4n) is 3.02. The van der Waals surface area contributed by atoms with Gasteiger partial charge in [-0.15, -0.1) is 0 Å². The van der Waals surface area contributed by atoms with Gasteiger partial charge in [-0.05, 0) is 29.3 Å². The summed E-state index contributed by atoms with van der Waals surface area (Å²) in [6.07, 6.45) is 3.32. The number of H-pyrrole nitrogens is 1. The first-order chi connectivity index (χ1) is 13.0. The van der Waals surface area contributed by atoms with Gasteiger partial charge in [-0.25, -0.2) is 0 Å². The zero-order valence-electron chi connectivity index (χ0n) is 13.9. The molecule has 0 atom stereocenters. The molecule has 2 aromatic heterocycles. The van der Waals surface area contributed by atoms with E-state index >= 15 is 0 Å². The van der Waals surface area contributed by atoms with Crippen molar-refractivity contribution in [3.63, 3.8) is 0 Å². The molecule has 0 aliphatic carbocycles. The monoisotopic (exact) mass is 364 g/mol. The molecular weight excluding hydrogens is 351 g/mol. The summed E-state index contributed by atoms with van der Waals surface area (Å²) < 4.78 is 15.2. The number of para-hydroxylation sites is 1. The number of aromatic amines is 1. The van der Waals surface area contributed by atoms with Crippen molar-refractivity contribution in [2.24, 2.45) is 0 Å². The third-order valence-corrected chi connectivity index (χ3v) is 4.35.